The maximum atomic E-state index is 12.2. The van der Waals surface area contributed by atoms with E-state index in [2.05, 4.69) is 22.2 Å². The van der Waals surface area contributed by atoms with Crippen LogP contribution < -0.4 is 5.73 Å². The Balaban J connectivity index is 1.29. The third-order valence-electron chi connectivity index (χ3n) is 12.9. The van der Waals surface area contributed by atoms with Crippen molar-refractivity contribution in [1.82, 2.24) is 0 Å². The number of hydrogen-bond acceptors (Lipinski definition) is 19. The first-order valence-corrected chi connectivity index (χ1v) is 22.3. The SMILES string of the molecule is COC1CCC(N=NC2CC(OCC(O)CO)C(N=NC3C(SOOO)CC4CCC(N=NC5CC(OC)C(N)CC5C)CC4C3O)CC2C)C(S(=O)(=O)O)C1. The summed E-state index contributed by atoms with van der Waals surface area (Å²) in [5.74, 6) is 0.231. The number of aliphatic hydroxyl groups is 3. The Kier molecular flexibility index (Phi) is 17.4. The third-order valence-corrected chi connectivity index (χ3v) is 15.0. The number of azo groups is 3. The van der Waals surface area contributed by atoms with Gasteiger partial charge >= 0.3 is 0 Å². The molecular formula is C35H63N7O12S2. The molecule has 56 heavy (non-hydrogen) atoms. The number of aliphatic hydroxyl groups excluding tert-OH is 3. The van der Waals surface area contributed by atoms with E-state index in [0.29, 0.717) is 38.5 Å². The summed E-state index contributed by atoms with van der Waals surface area (Å²) in [6.45, 7) is 3.46. The summed E-state index contributed by atoms with van der Waals surface area (Å²) in [6, 6.07) is -2.41. The zero-order chi connectivity index (χ0) is 40.6. The monoisotopic (exact) mass is 837 g/mol. The summed E-state index contributed by atoms with van der Waals surface area (Å²) in [4.78, 5) is 0. The quantitative estimate of drug-likeness (QED) is 0.0426. The van der Waals surface area contributed by atoms with Crippen molar-refractivity contribution in [2.24, 2.45) is 60.1 Å². The van der Waals surface area contributed by atoms with Crippen molar-refractivity contribution in [2.45, 2.75) is 168 Å². The first kappa shape index (κ1) is 45.7. The van der Waals surface area contributed by atoms with Crippen LogP contribution in [0, 0.1) is 23.7 Å². The zero-order valence-electron chi connectivity index (χ0n) is 32.8. The number of hydrogen-bond donors (Lipinski definition) is 6. The average molecular weight is 838 g/mol. The van der Waals surface area contributed by atoms with E-state index in [1.165, 1.54) is 7.11 Å². The van der Waals surface area contributed by atoms with E-state index < -0.39 is 58.4 Å². The van der Waals surface area contributed by atoms with Gasteiger partial charge in [-0.05, 0) is 87.9 Å². The zero-order valence-corrected chi connectivity index (χ0v) is 34.4. The summed E-state index contributed by atoms with van der Waals surface area (Å²) >= 11 is 0.888. The molecule has 0 heterocycles. The van der Waals surface area contributed by atoms with E-state index >= 15 is 0 Å². The predicted octanol–water partition coefficient (Wildman–Crippen LogP) is 3.57. The van der Waals surface area contributed by atoms with E-state index in [-0.39, 0.29) is 78.3 Å². The van der Waals surface area contributed by atoms with E-state index in [0.717, 1.165) is 37.7 Å². The summed E-state index contributed by atoms with van der Waals surface area (Å²) < 4.78 is 56.3. The van der Waals surface area contributed by atoms with Gasteiger partial charge in [0.1, 0.15) is 17.4 Å². The van der Waals surface area contributed by atoms with Crippen LogP contribution in [0.2, 0.25) is 0 Å². The molecule has 0 spiro atoms. The molecule has 0 aliphatic heterocycles. The topological polar surface area (TPSA) is 282 Å². The van der Waals surface area contributed by atoms with Crippen LogP contribution in [0.25, 0.3) is 0 Å². The predicted molar refractivity (Wildman–Crippen MR) is 203 cm³/mol. The van der Waals surface area contributed by atoms with Crippen molar-refractivity contribution in [3.8, 4) is 0 Å². The number of nitrogens with zero attached hydrogens (tertiary/aromatic N) is 6. The highest BCUT2D eigenvalue weighted by molar-refractivity contribution is 7.95. The van der Waals surface area contributed by atoms with Gasteiger partial charge in [0.2, 0.25) is 0 Å². The first-order valence-electron chi connectivity index (χ1n) is 20.0. The van der Waals surface area contributed by atoms with E-state index in [4.69, 9.17) is 50.0 Å². The second kappa shape index (κ2) is 21.3. The molecule has 322 valence electrons. The molecule has 5 saturated carbocycles. The summed E-state index contributed by atoms with van der Waals surface area (Å²) in [5, 5.41) is 70.9. The lowest BCUT2D eigenvalue weighted by atomic mass is 9.66. The van der Waals surface area contributed by atoms with Gasteiger partial charge in [-0.2, -0.15) is 39.1 Å². The minimum Gasteiger partial charge on any atom is -0.394 e. The largest absolute Gasteiger partial charge is 0.394 e. The summed E-state index contributed by atoms with van der Waals surface area (Å²) in [7, 11) is -1.21. The lowest BCUT2D eigenvalue weighted by Gasteiger charge is -2.46. The molecule has 0 amide bonds. The molecule has 0 bridgehead atoms. The maximum absolute atomic E-state index is 12.2. The van der Waals surface area contributed by atoms with Gasteiger partial charge in [0, 0.05) is 38.7 Å². The summed E-state index contributed by atoms with van der Waals surface area (Å²) in [5.41, 5.74) is 6.28. The highest BCUT2D eigenvalue weighted by Crippen LogP contribution is 2.47. The Morgan fingerprint density at radius 3 is 2.16 bits per heavy atom. The molecule has 19 nitrogen and oxygen atoms in total. The maximum Gasteiger partial charge on any atom is 0.270 e. The van der Waals surface area contributed by atoms with Gasteiger partial charge in [0.25, 0.3) is 10.1 Å². The Morgan fingerprint density at radius 1 is 0.804 bits per heavy atom. The molecule has 18 atom stereocenters. The van der Waals surface area contributed by atoms with Crippen LogP contribution in [0.3, 0.4) is 0 Å². The van der Waals surface area contributed by atoms with Crippen LogP contribution in [-0.2, 0) is 33.7 Å². The molecule has 0 aromatic carbocycles. The highest BCUT2D eigenvalue weighted by atomic mass is 32.2. The Bertz CT molecular complexity index is 1420. The molecule has 5 aliphatic rings. The molecule has 0 aromatic rings. The molecule has 5 aliphatic carbocycles. The van der Waals surface area contributed by atoms with Gasteiger partial charge in [-0.3, -0.25) is 4.55 Å². The third kappa shape index (κ3) is 11.9. The Hall–Kier alpha value is -1.34. The van der Waals surface area contributed by atoms with Gasteiger partial charge in [0.05, 0.1) is 73.1 Å². The molecule has 5 fully saturated rings. The molecule has 18 unspecified atom stereocenters. The smallest absolute Gasteiger partial charge is 0.270 e. The van der Waals surface area contributed by atoms with Crippen molar-refractivity contribution in [3.05, 3.63) is 0 Å². The molecule has 21 heteroatoms. The fraction of sp³-hybridized carbons (Fsp3) is 1.00. The number of nitrogens with two attached hydrogens (primary N) is 1. The lowest BCUT2D eigenvalue weighted by Crippen LogP contribution is -2.51. The molecule has 7 N–H and O–H groups in total. The molecule has 0 aromatic heterocycles. The van der Waals surface area contributed by atoms with Gasteiger partial charge in [-0.1, -0.05) is 18.9 Å². The van der Waals surface area contributed by atoms with Crippen LogP contribution in [0.4, 0.5) is 0 Å². The molecular weight excluding hydrogens is 775 g/mol. The highest BCUT2D eigenvalue weighted by Gasteiger charge is 2.48. The number of ether oxygens (including phenoxy) is 3. The van der Waals surface area contributed by atoms with Crippen LogP contribution in [0.5, 0.6) is 0 Å². The van der Waals surface area contributed by atoms with E-state index in [9.17, 15) is 28.3 Å². The van der Waals surface area contributed by atoms with Crippen LogP contribution >= 0.6 is 12.0 Å². The van der Waals surface area contributed by atoms with E-state index in [1.54, 1.807) is 7.11 Å². The van der Waals surface area contributed by atoms with Crippen LogP contribution in [-0.4, -0.2) is 144 Å². The van der Waals surface area contributed by atoms with Crippen LogP contribution in [0.15, 0.2) is 30.7 Å². The Morgan fingerprint density at radius 2 is 1.48 bits per heavy atom. The van der Waals surface area contributed by atoms with Gasteiger partial charge in [-0.15, -0.1) is 4.33 Å². The first-order chi connectivity index (χ1) is 26.8. The van der Waals surface area contributed by atoms with Crippen molar-refractivity contribution in [1.29, 1.82) is 0 Å². The van der Waals surface area contributed by atoms with Crippen molar-refractivity contribution >= 4 is 22.2 Å². The minimum absolute atomic E-state index is 0.0174. The number of fused-ring (bicyclic) bond motifs is 1. The van der Waals surface area contributed by atoms with Crippen molar-refractivity contribution < 1.29 is 57.1 Å². The van der Waals surface area contributed by atoms with Gasteiger partial charge < -0.3 is 35.3 Å². The minimum atomic E-state index is -4.39. The summed E-state index contributed by atoms with van der Waals surface area (Å²) in [6.07, 6.45) is 3.32. The number of methoxy groups -OCH3 is 2. The molecule has 0 saturated heterocycles. The Labute approximate surface area is 333 Å². The average Bonchev–Trinajstić information content (AvgIpc) is 3.18. The second-order valence-electron chi connectivity index (χ2n) is 16.6. The molecule has 5 rings (SSSR count). The standard InChI is InChI=1S/C35H63N7O12S2/c1-18-9-25(36)30(51-4)14-27(18)39-37-21-6-5-20-11-32(55-54-53-46)34(35(45)24(20)12-21)42-41-29-10-19(2)28(15-31(29)52-17-22(44)16-43)40-38-26-8-7-23(50-3)13-33(26)56(47,48)49/h18-35,43-46H,5-17,36H2,1-4H3,(H,47,48,49). The fourth-order valence-corrected chi connectivity index (χ4v) is 11.3. The fourth-order valence-electron chi connectivity index (χ4n) is 9.42. The van der Waals surface area contributed by atoms with Crippen LogP contribution in [0.1, 0.15) is 84.5 Å². The van der Waals surface area contributed by atoms with Crippen molar-refractivity contribution in [3.63, 3.8) is 0 Å². The lowest BCUT2D eigenvalue weighted by molar-refractivity contribution is -0.432. The normalized spacial score (nSPS) is 43.4. The second-order valence-corrected chi connectivity index (χ2v) is 19.2. The van der Waals surface area contributed by atoms with Crippen molar-refractivity contribution in [2.75, 3.05) is 27.4 Å². The number of rotatable bonds is 16. The molecule has 0 radical (unpaired) electrons. The van der Waals surface area contributed by atoms with Gasteiger partial charge in [-0.25, -0.2) is 5.26 Å². The van der Waals surface area contributed by atoms with Gasteiger partial charge in [0.15, 0.2) is 0 Å². The van der Waals surface area contributed by atoms with E-state index in [1.807, 2.05) is 6.92 Å².